The van der Waals surface area contributed by atoms with E-state index < -0.39 is 24.2 Å². The monoisotopic (exact) mass is 288 g/mol. The van der Waals surface area contributed by atoms with E-state index in [1.807, 2.05) is 6.92 Å². The number of Topliss-reactive ketones (excluding diaryl/α,β-unsaturated/α-hetero) is 1. The molecule has 1 saturated carbocycles. The third-order valence-electron chi connectivity index (χ3n) is 3.53. The summed E-state index contributed by atoms with van der Waals surface area (Å²) >= 11 is 0. The van der Waals surface area contributed by atoms with Crippen LogP contribution in [0.25, 0.3) is 0 Å². The summed E-state index contributed by atoms with van der Waals surface area (Å²) in [4.78, 5) is 15.1. The summed E-state index contributed by atoms with van der Waals surface area (Å²) in [6.45, 7) is 2.40. The van der Waals surface area contributed by atoms with Crippen LogP contribution in [-0.4, -0.2) is 29.0 Å². The Labute approximate surface area is 115 Å². The maximum atomic E-state index is 12.2. The largest absolute Gasteiger partial charge is 0.367 e. The molecular weight excluding hydrogens is 270 g/mol. The van der Waals surface area contributed by atoms with Crippen LogP contribution in [0.4, 0.5) is 8.78 Å². The summed E-state index contributed by atoms with van der Waals surface area (Å²) < 4.78 is 35.1. The van der Waals surface area contributed by atoms with Gasteiger partial charge in [0, 0.05) is 6.61 Å². The van der Waals surface area contributed by atoms with Gasteiger partial charge in [0.05, 0.1) is 6.42 Å². The molecule has 5 nitrogen and oxygen atoms in total. The minimum absolute atomic E-state index is 0.0741. The van der Waals surface area contributed by atoms with Crippen molar-refractivity contribution < 1.29 is 22.8 Å². The van der Waals surface area contributed by atoms with Crippen molar-refractivity contribution in [1.29, 1.82) is 0 Å². The summed E-state index contributed by atoms with van der Waals surface area (Å²) in [6.07, 6.45) is 1.14. The number of aromatic nitrogens is 2. The van der Waals surface area contributed by atoms with Crippen molar-refractivity contribution >= 4 is 5.78 Å². The minimum atomic E-state index is -3.01. The fraction of sp³-hybridized carbons (Fsp3) is 0.769. The number of nitrogens with zero attached hydrogens (tertiary/aromatic N) is 2. The van der Waals surface area contributed by atoms with Gasteiger partial charge >= 0.3 is 0 Å². The second kappa shape index (κ2) is 6.39. The van der Waals surface area contributed by atoms with Crippen molar-refractivity contribution in [3.8, 4) is 0 Å². The van der Waals surface area contributed by atoms with E-state index in [1.165, 1.54) is 0 Å². The van der Waals surface area contributed by atoms with Crippen molar-refractivity contribution in [2.75, 3.05) is 6.61 Å². The lowest BCUT2D eigenvalue weighted by molar-refractivity contribution is -0.129. The normalized spacial score (nSPS) is 18.4. The van der Waals surface area contributed by atoms with Crippen LogP contribution in [0.5, 0.6) is 0 Å². The highest BCUT2D eigenvalue weighted by Gasteiger charge is 2.39. The summed E-state index contributed by atoms with van der Waals surface area (Å²) in [7, 11) is 0. The van der Waals surface area contributed by atoms with Crippen LogP contribution in [0.15, 0.2) is 4.52 Å². The number of carbonyl (C=O) groups excluding carboxylic acids is 1. The number of ether oxygens (including phenoxy) is 1. The Bertz CT molecular complexity index is 451. The van der Waals surface area contributed by atoms with Crippen molar-refractivity contribution in [1.82, 2.24) is 10.1 Å². The third kappa shape index (κ3) is 3.20. The van der Waals surface area contributed by atoms with E-state index in [4.69, 9.17) is 9.26 Å². The maximum absolute atomic E-state index is 12.2. The Balaban J connectivity index is 2.14. The average Bonchev–Trinajstić information content (AvgIpc) is 2.89. The van der Waals surface area contributed by atoms with Gasteiger partial charge in [0.1, 0.15) is 5.60 Å². The number of hydrogen-bond donors (Lipinski definition) is 0. The number of carbonyl (C=O) groups is 1. The van der Waals surface area contributed by atoms with E-state index in [0.717, 1.165) is 32.1 Å². The Hall–Kier alpha value is -1.37. The first-order valence-electron chi connectivity index (χ1n) is 6.85. The lowest BCUT2D eigenvalue weighted by Gasteiger charge is -2.33. The minimum Gasteiger partial charge on any atom is -0.367 e. The van der Waals surface area contributed by atoms with Crippen LogP contribution in [0.1, 0.15) is 50.7 Å². The van der Waals surface area contributed by atoms with Crippen LogP contribution < -0.4 is 0 Å². The van der Waals surface area contributed by atoms with Gasteiger partial charge in [-0.15, -0.1) is 0 Å². The zero-order valence-electron chi connectivity index (χ0n) is 11.4. The van der Waals surface area contributed by atoms with Gasteiger partial charge < -0.3 is 9.26 Å². The van der Waals surface area contributed by atoms with Crippen LogP contribution in [0.3, 0.4) is 0 Å². The molecule has 0 bridgehead atoms. The zero-order valence-corrected chi connectivity index (χ0v) is 11.4. The van der Waals surface area contributed by atoms with Gasteiger partial charge in [-0.3, -0.25) is 4.79 Å². The summed E-state index contributed by atoms with van der Waals surface area (Å²) in [5.74, 6) is -0.916. The van der Waals surface area contributed by atoms with Crippen molar-refractivity contribution in [2.45, 2.75) is 57.5 Å². The number of hydrogen-bond acceptors (Lipinski definition) is 5. The van der Waals surface area contributed by atoms with Crippen molar-refractivity contribution in [3.63, 3.8) is 0 Å². The van der Waals surface area contributed by atoms with Gasteiger partial charge in [0.2, 0.25) is 17.5 Å². The van der Waals surface area contributed by atoms with Crippen molar-refractivity contribution in [3.05, 3.63) is 11.7 Å². The van der Waals surface area contributed by atoms with E-state index in [0.29, 0.717) is 12.4 Å². The summed E-state index contributed by atoms with van der Waals surface area (Å²) in [5.41, 5.74) is -0.595. The number of ketones is 1. The van der Waals surface area contributed by atoms with Gasteiger partial charge in [-0.1, -0.05) is 24.4 Å². The molecule has 1 heterocycles. The molecule has 0 radical (unpaired) electrons. The second-order valence-electron chi connectivity index (χ2n) is 4.94. The van der Waals surface area contributed by atoms with E-state index >= 15 is 0 Å². The smallest absolute Gasteiger partial charge is 0.296 e. The highest BCUT2D eigenvalue weighted by atomic mass is 19.3. The lowest BCUT2D eigenvalue weighted by Crippen LogP contribution is -2.33. The molecule has 1 fully saturated rings. The van der Waals surface area contributed by atoms with E-state index in [1.54, 1.807) is 0 Å². The van der Waals surface area contributed by atoms with Gasteiger partial charge in [-0.25, -0.2) is 8.78 Å². The van der Waals surface area contributed by atoms with Gasteiger partial charge in [0.25, 0.3) is 6.43 Å². The van der Waals surface area contributed by atoms with Crippen LogP contribution >= 0.6 is 0 Å². The fourth-order valence-corrected chi connectivity index (χ4v) is 2.57. The fourth-order valence-electron chi connectivity index (χ4n) is 2.57. The predicted molar refractivity (Wildman–Crippen MR) is 65.4 cm³/mol. The first kappa shape index (κ1) is 15.0. The van der Waals surface area contributed by atoms with Crippen molar-refractivity contribution in [2.24, 2.45) is 0 Å². The number of halogens is 2. The summed E-state index contributed by atoms with van der Waals surface area (Å²) in [6, 6.07) is 0. The molecule has 1 aliphatic rings. The molecule has 20 heavy (non-hydrogen) atoms. The second-order valence-corrected chi connectivity index (χ2v) is 4.94. The highest BCUT2D eigenvalue weighted by molar-refractivity contribution is 5.82. The molecule has 1 aromatic rings. The molecule has 0 unspecified atom stereocenters. The first-order valence-corrected chi connectivity index (χ1v) is 6.85. The molecule has 0 N–H and O–H groups in total. The Morgan fingerprint density at radius 2 is 2.10 bits per heavy atom. The molecular formula is C13H18F2N2O3. The Kier molecular flexibility index (Phi) is 4.80. The summed E-state index contributed by atoms with van der Waals surface area (Å²) in [5, 5.41) is 3.83. The zero-order chi connectivity index (χ0) is 14.6. The molecule has 0 spiro atoms. The molecule has 0 atom stereocenters. The average molecular weight is 288 g/mol. The van der Waals surface area contributed by atoms with Crippen LogP contribution in [0, 0.1) is 0 Å². The predicted octanol–water partition coefficient (Wildman–Crippen LogP) is 2.64. The molecule has 0 aromatic carbocycles. The highest BCUT2D eigenvalue weighted by Crippen LogP contribution is 2.39. The van der Waals surface area contributed by atoms with Gasteiger partial charge in [-0.2, -0.15) is 4.98 Å². The Morgan fingerprint density at radius 3 is 2.70 bits per heavy atom. The molecule has 0 saturated heterocycles. The molecule has 7 heteroatoms. The van der Waals surface area contributed by atoms with Gasteiger partial charge in [0.15, 0.2) is 0 Å². The maximum Gasteiger partial charge on any atom is 0.296 e. The molecule has 0 aliphatic heterocycles. The molecule has 2 rings (SSSR count). The van der Waals surface area contributed by atoms with Crippen LogP contribution in [-0.2, 0) is 21.6 Å². The molecule has 112 valence electrons. The van der Waals surface area contributed by atoms with E-state index in [-0.39, 0.29) is 5.89 Å². The quantitative estimate of drug-likeness (QED) is 0.805. The lowest BCUT2D eigenvalue weighted by atomic mass is 9.84. The van der Waals surface area contributed by atoms with E-state index in [9.17, 15) is 13.6 Å². The first-order chi connectivity index (χ1) is 9.57. The number of rotatable bonds is 6. The Morgan fingerprint density at radius 1 is 1.40 bits per heavy atom. The molecule has 0 amide bonds. The SMILES string of the molecule is CCOC1(c2noc(CC(=O)C(F)F)n2)CCCCC1. The topological polar surface area (TPSA) is 65.2 Å². The van der Waals surface area contributed by atoms with Crippen LogP contribution in [0.2, 0.25) is 0 Å². The standard InChI is InChI=1S/C13H18F2N2O3/c1-2-19-13(6-4-3-5-7-13)12-16-10(20-17-12)8-9(18)11(14)15/h11H,2-8H2,1H3. The third-order valence-corrected chi connectivity index (χ3v) is 3.53. The van der Waals surface area contributed by atoms with Gasteiger partial charge in [-0.05, 0) is 19.8 Å². The molecule has 1 aromatic heterocycles. The number of alkyl halides is 2. The molecule has 1 aliphatic carbocycles. The van der Waals surface area contributed by atoms with E-state index in [2.05, 4.69) is 10.1 Å².